The molecular weight excluding hydrogens is 410 g/mol. The number of benzene rings is 4. The Bertz CT molecular complexity index is 1210. The maximum Gasteiger partial charge on any atom is 0.262 e. The predicted molar refractivity (Wildman–Crippen MR) is 124 cm³/mol. The molecular formula is C26H20ClNO3. The normalized spacial score (nSPS) is 10.6. The second-order valence-corrected chi connectivity index (χ2v) is 7.51. The molecule has 0 spiro atoms. The molecule has 31 heavy (non-hydrogen) atoms. The zero-order valence-corrected chi connectivity index (χ0v) is 17.3. The summed E-state index contributed by atoms with van der Waals surface area (Å²) in [5.74, 6) is -0.740. The van der Waals surface area contributed by atoms with Crippen LogP contribution in [0.5, 0.6) is 11.5 Å². The number of halogens is 1. The van der Waals surface area contributed by atoms with Crippen molar-refractivity contribution in [2.75, 3.05) is 4.90 Å². The first-order valence-electron chi connectivity index (χ1n) is 9.75. The van der Waals surface area contributed by atoms with Crippen molar-refractivity contribution in [3.05, 3.63) is 113 Å². The van der Waals surface area contributed by atoms with Crippen LogP contribution in [0.25, 0.3) is 11.1 Å². The zero-order chi connectivity index (χ0) is 21.8. The molecule has 0 aliphatic carbocycles. The maximum absolute atomic E-state index is 13.4. The summed E-state index contributed by atoms with van der Waals surface area (Å²) in [6.07, 6.45) is 0. The van der Waals surface area contributed by atoms with Crippen LogP contribution in [0.4, 0.5) is 5.69 Å². The molecule has 0 unspecified atom stereocenters. The monoisotopic (exact) mass is 429 g/mol. The van der Waals surface area contributed by atoms with Gasteiger partial charge in [-0.3, -0.25) is 4.79 Å². The fraction of sp³-hybridized carbons (Fsp3) is 0.0385. The second kappa shape index (κ2) is 8.94. The summed E-state index contributed by atoms with van der Waals surface area (Å²) < 4.78 is 0. The lowest BCUT2D eigenvalue weighted by Gasteiger charge is -2.24. The largest absolute Gasteiger partial charge is 0.508 e. The molecule has 4 rings (SSSR count). The first-order chi connectivity index (χ1) is 15.0. The van der Waals surface area contributed by atoms with Crippen LogP contribution < -0.4 is 4.90 Å². The Morgan fingerprint density at radius 2 is 1.48 bits per heavy atom. The Balaban J connectivity index is 1.72. The second-order valence-electron chi connectivity index (χ2n) is 7.11. The minimum atomic E-state index is -0.369. The summed E-state index contributed by atoms with van der Waals surface area (Å²) in [5.41, 5.74) is 3.59. The fourth-order valence-corrected chi connectivity index (χ4v) is 3.65. The summed E-state index contributed by atoms with van der Waals surface area (Å²) in [4.78, 5) is 14.9. The van der Waals surface area contributed by atoms with Gasteiger partial charge in [-0.25, -0.2) is 0 Å². The quantitative estimate of drug-likeness (QED) is 0.393. The molecule has 0 aliphatic rings. The highest BCUT2D eigenvalue weighted by atomic mass is 35.5. The summed E-state index contributed by atoms with van der Waals surface area (Å²) in [6.45, 7) is 0.325. The van der Waals surface area contributed by atoms with Crippen molar-refractivity contribution in [3.63, 3.8) is 0 Å². The molecule has 4 nitrogen and oxygen atoms in total. The van der Waals surface area contributed by atoms with Gasteiger partial charge < -0.3 is 15.1 Å². The number of phenols is 2. The highest BCUT2D eigenvalue weighted by molar-refractivity contribution is 6.33. The van der Waals surface area contributed by atoms with Crippen LogP contribution in [-0.4, -0.2) is 16.1 Å². The molecule has 0 saturated carbocycles. The number of hydrogen-bond donors (Lipinski definition) is 2. The van der Waals surface area contributed by atoms with Gasteiger partial charge in [-0.1, -0.05) is 72.3 Å². The summed E-state index contributed by atoms with van der Waals surface area (Å²) in [5, 5.41) is 20.5. The molecule has 2 N–H and O–H groups in total. The summed E-state index contributed by atoms with van der Waals surface area (Å²) in [7, 11) is 0. The Labute approximate surface area is 185 Å². The SMILES string of the molecule is O=C(c1ccc(O)cc1O)N(Cc1ccccc1)c1ccc(-c2ccccc2Cl)cc1. The lowest BCUT2D eigenvalue weighted by atomic mass is 10.0. The van der Waals surface area contributed by atoms with E-state index in [1.807, 2.05) is 78.9 Å². The number of carbonyl (C=O) groups is 1. The number of carbonyl (C=O) groups excluding carboxylic acids is 1. The molecule has 1 amide bonds. The van der Waals surface area contributed by atoms with Crippen LogP contribution in [-0.2, 0) is 6.54 Å². The third-order valence-corrected chi connectivity index (χ3v) is 5.33. The standard InChI is InChI=1S/C26H20ClNO3/c27-24-9-5-4-8-22(24)19-10-12-20(13-11-19)28(17-18-6-2-1-3-7-18)26(31)23-15-14-21(29)16-25(23)30/h1-16,29-30H,17H2. The average molecular weight is 430 g/mol. The number of nitrogens with zero attached hydrogens (tertiary/aromatic N) is 1. The van der Waals surface area contributed by atoms with Crippen molar-refractivity contribution in [2.45, 2.75) is 6.54 Å². The first kappa shape index (κ1) is 20.5. The van der Waals surface area contributed by atoms with Crippen LogP contribution in [0, 0.1) is 0 Å². The van der Waals surface area contributed by atoms with Gasteiger partial charge in [0.05, 0.1) is 12.1 Å². The highest BCUT2D eigenvalue weighted by Crippen LogP contribution is 2.31. The molecule has 0 fully saturated rings. The Morgan fingerprint density at radius 1 is 0.806 bits per heavy atom. The van der Waals surface area contributed by atoms with E-state index in [4.69, 9.17) is 11.6 Å². The topological polar surface area (TPSA) is 60.8 Å². The van der Waals surface area contributed by atoms with Gasteiger partial charge in [0.2, 0.25) is 0 Å². The molecule has 0 bridgehead atoms. The molecule has 0 atom stereocenters. The van der Waals surface area contributed by atoms with E-state index in [1.54, 1.807) is 4.90 Å². The predicted octanol–water partition coefficient (Wildman–Crippen LogP) is 6.27. The van der Waals surface area contributed by atoms with Gasteiger partial charge in [0.15, 0.2) is 0 Å². The number of amides is 1. The van der Waals surface area contributed by atoms with E-state index in [9.17, 15) is 15.0 Å². The fourth-order valence-electron chi connectivity index (χ4n) is 3.41. The van der Waals surface area contributed by atoms with Gasteiger partial charge in [0.25, 0.3) is 5.91 Å². The molecule has 0 aliphatic heterocycles. The Kier molecular flexibility index (Phi) is 5.92. The van der Waals surface area contributed by atoms with Crippen LogP contribution in [0.15, 0.2) is 97.1 Å². The molecule has 154 valence electrons. The van der Waals surface area contributed by atoms with Crippen molar-refractivity contribution in [1.29, 1.82) is 0 Å². The lowest BCUT2D eigenvalue weighted by molar-refractivity contribution is 0.0982. The van der Waals surface area contributed by atoms with Gasteiger partial charge in [-0.2, -0.15) is 0 Å². The van der Waals surface area contributed by atoms with Crippen LogP contribution >= 0.6 is 11.6 Å². The van der Waals surface area contributed by atoms with Crippen molar-refractivity contribution in [1.82, 2.24) is 0 Å². The van der Waals surface area contributed by atoms with E-state index in [-0.39, 0.29) is 23.0 Å². The van der Waals surface area contributed by atoms with Gasteiger partial charge in [0, 0.05) is 22.3 Å². The molecule has 0 heterocycles. The van der Waals surface area contributed by atoms with Gasteiger partial charge >= 0.3 is 0 Å². The molecule has 4 aromatic carbocycles. The van der Waals surface area contributed by atoms with E-state index in [0.29, 0.717) is 17.3 Å². The van der Waals surface area contributed by atoms with E-state index in [1.165, 1.54) is 12.1 Å². The molecule has 4 aromatic rings. The van der Waals surface area contributed by atoms with E-state index in [0.717, 1.165) is 22.8 Å². The van der Waals surface area contributed by atoms with Gasteiger partial charge in [-0.05, 0) is 41.5 Å². The lowest BCUT2D eigenvalue weighted by Crippen LogP contribution is -2.30. The molecule has 0 aromatic heterocycles. The van der Waals surface area contributed by atoms with Crippen molar-refractivity contribution in [2.24, 2.45) is 0 Å². The van der Waals surface area contributed by atoms with Gasteiger partial charge in [0.1, 0.15) is 11.5 Å². The van der Waals surface area contributed by atoms with Crippen molar-refractivity contribution < 1.29 is 15.0 Å². The van der Waals surface area contributed by atoms with Gasteiger partial charge in [-0.15, -0.1) is 0 Å². The zero-order valence-electron chi connectivity index (χ0n) is 16.6. The minimum absolute atomic E-state index is 0.104. The Hall–Kier alpha value is -3.76. The smallest absolute Gasteiger partial charge is 0.262 e. The average Bonchev–Trinajstić information content (AvgIpc) is 2.78. The van der Waals surface area contributed by atoms with Crippen molar-refractivity contribution >= 4 is 23.2 Å². The van der Waals surface area contributed by atoms with Crippen LogP contribution in [0.1, 0.15) is 15.9 Å². The van der Waals surface area contributed by atoms with E-state index in [2.05, 4.69) is 0 Å². The number of rotatable bonds is 5. The summed E-state index contributed by atoms with van der Waals surface area (Å²) in [6, 6.07) is 28.7. The number of phenolic OH excluding ortho intramolecular Hbond substituents is 2. The molecule has 0 saturated heterocycles. The Morgan fingerprint density at radius 3 is 2.16 bits per heavy atom. The van der Waals surface area contributed by atoms with Crippen LogP contribution in [0.2, 0.25) is 5.02 Å². The molecule has 0 radical (unpaired) electrons. The third kappa shape index (κ3) is 4.55. The summed E-state index contributed by atoms with van der Waals surface area (Å²) >= 11 is 6.32. The number of aromatic hydroxyl groups is 2. The van der Waals surface area contributed by atoms with Crippen molar-refractivity contribution in [3.8, 4) is 22.6 Å². The third-order valence-electron chi connectivity index (χ3n) is 5.00. The van der Waals surface area contributed by atoms with Crippen LogP contribution in [0.3, 0.4) is 0 Å². The maximum atomic E-state index is 13.4. The number of anilines is 1. The van der Waals surface area contributed by atoms with E-state index >= 15 is 0 Å². The number of hydrogen-bond acceptors (Lipinski definition) is 3. The minimum Gasteiger partial charge on any atom is -0.508 e. The molecule has 5 heteroatoms. The first-order valence-corrected chi connectivity index (χ1v) is 10.1. The highest BCUT2D eigenvalue weighted by Gasteiger charge is 2.21. The van der Waals surface area contributed by atoms with E-state index < -0.39 is 0 Å².